The van der Waals surface area contributed by atoms with Gasteiger partial charge in [-0.05, 0) is 27.0 Å². The Morgan fingerprint density at radius 1 is 1.60 bits per heavy atom. The molecule has 0 aromatic carbocycles. The Morgan fingerprint density at radius 2 is 2.27 bits per heavy atom. The number of nitrogens with zero attached hydrogens (tertiary/aromatic N) is 1. The molecule has 84 valence electrons. The summed E-state index contributed by atoms with van der Waals surface area (Å²) in [6.07, 6.45) is 2.28. The molecule has 15 heavy (non-hydrogen) atoms. The van der Waals surface area contributed by atoms with Gasteiger partial charge in [0.25, 0.3) is 0 Å². The van der Waals surface area contributed by atoms with E-state index in [1.807, 2.05) is 38.8 Å². The van der Waals surface area contributed by atoms with Gasteiger partial charge in [-0.2, -0.15) is 0 Å². The second kappa shape index (κ2) is 5.12. The summed E-state index contributed by atoms with van der Waals surface area (Å²) >= 11 is 0. The smallest absolute Gasteiger partial charge is 0.149 e. The molecule has 0 saturated carbocycles. The Kier molecular flexibility index (Phi) is 4.09. The summed E-state index contributed by atoms with van der Waals surface area (Å²) in [5.41, 5.74) is 1.15. The Balaban J connectivity index is 2.59. The highest BCUT2D eigenvalue weighted by Crippen LogP contribution is 2.13. The van der Waals surface area contributed by atoms with E-state index in [9.17, 15) is 4.79 Å². The minimum absolute atomic E-state index is 0.0238. The highest BCUT2D eigenvalue weighted by atomic mass is 16.3. The van der Waals surface area contributed by atoms with Crippen molar-refractivity contribution in [3.05, 3.63) is 23.7 Å². The lowest BCUT2D eigenvalue weighted by molar-refractivity contribution is -0.123. The van der Waals surface area contributed by atoms with Crippen LogP contribution in [0.15, 0.2) is 16.7 Å². The molecule has 1 rings (SSSR count). The fourth-order valence-electron chi connectivity index (χ4n) is 1.52. The molecule has 1 aromatic heterocycles. The highest BCUT2D eigenvalue weighted by Gasteiger charge is 2.17. The molecule has 0 radical (unpaired) electrons. The van der Waals surface area contributed by atoms with E-state index in [4.69, 9.17) is 4.42 Å². The number of hydrogen-bond acceptors (Lipinski definition) is 3. The summed E-state index contributed by atoms with van der Waals surface area (Å²) in [4.78, 5) is 13.5. The lowest BCUT2D eigenvalue weighted by Gasteiger charge is -2.22. The standard InChI is InChI=1S/C12H19NO2/c1-5-12(14)9(2)13(4)8-11-6-7-15-10(11)3/h6-7,9H,5,8H2,1-4H3. The van der Waals surface area contributed by atoms with Gasteiger partial charge in [-0.25, -0.2) is 0 Å². The van der Waals surface area contributed by atoms with Crippen molar-refractivity contribution in [1.82, 2.24) is 4.90 Å². The molecule has 1 unspecified atom stereocenters. The number of likely N-dealkylation sites (N-methyl/N-ethyl adjacent to an activating group) is 1. The van der Waals surface area contributed by atoms with E-state index in [1.165, 1.54) is 0 Å². The van der Waals surface area contributed by atoms with Crippen LogP contribution < -0.4 is 0 Å². The van der Waals surface area contributed by atoms with E-state index in [0.717, 1.165) is 17.9 Å². The number of aryl methyl sites for hydroxylation is 1. The van der Waals surface area contributed by atoms with Crippen LogP contribution in [0.25, 0.3) is 0 Å². The molecule has 1 aromatic rings. The van der Waals surface area contributed by atoms with Crippen molar-refractivity contribution in [2.75, 3.05) is 7.05 Å². The van der Waals surface area contributed by atoms with Crippen LogP contribution in [-0.2, 0) is 11.3 Å². The van der Waals surface area contributed by atoms with Crippen LogP contribution in [0.3, 0.4) is 0 Å². The fraction of sp³-hybridized carbons (Fsp3) is 0.583. The third-order valence-corrected chi connectivity index (χ3v) is 2.86. The van der Waals surface area contributed by atoms with Gasteiger partial charge in [0, 0.05) is 18.5 Å². The summed E-state index contributed by atoms with van der Waals surface area (Å²) in [6, 6.07) is 1.93. The number of Topliss-reactive ketones (excluding diaryl/α,β-unsaturated/α-hetero) is 1. The van der Waals surface area contributed by atoms with Crippen molar-refractivity contribution in [1.29, 1.82) is 0 Å². The largest absolute Gasteiger partial charge is 0.469 e. The predicted octanol–water partition coefficient (Wildman–Crippen LogP) is 2.39. The molecular weight excluding hydrogens is 190 g/mol. The maximum Gasteiger partial charge on any atom is 0.149 e. The van der Waals surface area contributed by atoms with Gasteiger partial charge >= 0.3 is 0 Å². The number of rotatable bonds is 5. The monoisotopic (exact) mass is 209 g/mol. The van der Waals surface area contributed by atoms with Gasteiger partial charge in [0.2, 0.25) is 0 Å². The Bertz CT molecular complexity index is 330. The van der Waals surface area contributed by atoms with Gasteiger partial charge in [0.15, 0.2) is 0 Å². The minimum Gasteiger partial charge on any atom is -0.469 e. The number of hydrogen-bond donors (Lipinski definition) is 0. The van der Waals surface area contributed by atoms with E-state index in [2.05, 4.69) is 0 Å². The SMILES string of the molecule is CCC(=O)C(C)N(C)Cc1ccoc1C. The Morgan fingerprint density at radius 3 is 2.73 bits per heavy atom. The van der Waals surface area contributed by atoms with Crippen LogP contribution in [0.2, 0.25) is 0 Å². The van der Waals surface area contributed by atoms with Crippen molar-refractivity contribution in [3.8, 4) is 0 Å². The molecule has 1 atom stereocenters. The summed E-state index contributed by atoms with van der Waals surface area (Å²) in [6.45, 7) is 6.54. The molecule has 0 N–H and O–H groups in total. The van der Waals surface area contributed by atoms with Gasteiger partial charge in [0.1, 0.15) is 11.5 Å². The van der Waals surface area contributed by atoms with Crippen LogP contribution in [-0.4, -0.2) is 23.8 Å². The normalized spacial score (nSPS) is 13.1. The van der Waals surface area contributed by atoms with Gasteiger partial charge in [0.05, 0.1) is 12.3 Å². The molecule has 0 aliphatic rings. The van der Waals surface area contributed by atoms with Gasteiger partial charge in [-0.1, -0.05) is 6.92 Å². The van der Waals surface area contributed by atoms with Crippen molar-refractivity contribution in [3.63, 3.8) is 0 Å². The zero-order valence-corrected chi connectivity index (χ0v) is 9.91. The zero-order chi connectivity index (χ0) is 11.4. The van der Waals surface area contributed by atoms with Crippen molar-refractivity contribution < 1.29 is 9.21 Å². The van der Waals surface area contributed by atoms with Crippen LogP contribution in [0.4, 0.5) is 0 Å². The first-order chi connectivity index (χ1) is 7.06. The van der Waals surface area contributed by atoms with Crippen LogP contribution in [0, 0.1) is 6.92 Å². The topological polar surface area (TPSA) is 33.5 Å². The molecule has 0 spiro atoms. The van der Waals surface area contributed by atoms with Gasteiger partial charge < -0.3 is 4.42 Å². The van der Waals surface area contributed by atoms with E-state index < -0.39 is 0 Å². The predicted molar refractivity (Wildman–Crippen MR) is 59.7 cm³/mol. The maximum atomic E-state index is 11.5. The average molecular weight is 209 g/mol. The molecule has 0 aliphatic carbocycles. The van der Waals surface area contributed by atoms with E-state index in [1.54, 1.807) is 6.26 Å². The molecule has 1 heterocycles. The summed E-state index contributed by atoms with van der Waals surface area (Å²) in [7, 11) is 1.96. The third kappa shape index (κ3) is 2.93. The van der Waals surface area contributed by atoms with Crippen molar-refractivity contribution >= 4 is 5.78 Å². The van der Waals surface area contributed by atoms with E-state index in [-0.39, 0.29) is 11.8 Å². The first kappa shape index (κ1) is 12.0. The summed E-state index contributed by atoms with van der Waals surface area (Å²) in [5, 5.41) is 0. The van der Waals surface area contributed by atoms with Crippen LogP contribution in [0.5, 0.6) is 0 Å². The molecule has 0 bridgehead atoms. The lowest BCUT2D eigenvalue weighted by Crippen LogP contribution is -2.35. The van der Waals surface area contributed by atoms with E-state index in [0.29, 0.717) is 6.42 Å². The third-order valence-electron chi connectivity index (χ3n) is 2.86. The van der Waals surface area contributed by atoms with Crippen LogP contribution >= 0.6 is 0 Å². The number of furan rings is 1. The molecule has 0 fully saturated rings. The van der Waals surface area contributed by atoms with Gasteiger partial charge in [-0.15, -0.1) is 0 Å². The quantitative estimate of drug-likeness (QED) is 0.746. The average Bonchev–Trinajstić information content (AvgIpc) is 2.62. The maximum absolute atomic E-state index is 11.5. The van der Waals surface area contributed by atoms with Crippen LogP contribution in [0.1, 0.15) is 31.6 Å². The molecule has 0 saturated heterocycles. The second-order valence-corrected chi connectivity index (χ2v) is 3.91. The van der Waals surface area contributed by atoms with Crippen molar-refractivity contribution in [2.24, 2.45) is 0 Å². The second-order valence-electron chi connectivity index (χ2n) is 3.91. The number of ketones is 1. The number of carbonyl (C=O) groups is 1. The fourth-order valence-corrected chi connectivity index (χ4v) is 1.52. The summed E-state index contributed by atoms with van der Waals surface area (Å²) < 4.78 is 5.22. The lowest BCUT2D eigenvalue weighted by atomic mass is 10.1. The van der Waals surface area contributed by atoms with Crippen molar-refractivity contribution in [2.45, 2.75) is 39.8 Å². The first-order valence-corrected chi connectivity index (χ1v) is 5.32. The molecule has 3 heteroatoms. The molecule has 3 nitrogen and oxygen atoms in total. The Labute approximate surface area is 91.1 Å². The van der Waals surface area contributed by atoms with Gasteiger partial charge in [-0.3, -0.25) is 9.69 Å². The molecular formula is C12H19NO2. The first-order valence-electron chi connectivity index (χ1n) is 5.32. The summed E-state index contributed by atoms with van der Waals surface area (Å²) in [5.74, 6) is 1.21. The highest BCUT2D eigenvalue weighted by molar-refractivity contribution is 5.83. The number of carbonyl (C=O) groups excluding carboxylic acids is 1. The molecule has 0 amide bonds. The minimum atomic E-state index is -0.0238. The Hall–Kier alpha value is -1.09. The zero-order valence-electron chi connectivity index (χ0n) is 9.91. The van der Waals surface area contributed by atoms with E-state index >= 15 is 0 Å². The molecule has 0 aliphatic heterocycles.